The molecule has 1 aliphatic rings. The van der Waals surface area contributed by atoms with Crippen LogP contribution in [0.2, 0.25) is 0 Å². The molecule has 7 nitrogen and oxygen atoms in total. The first kappa shape index (κ1) is 22.8. The van der Waals surface area contributed by atoms with Crippen LogP contribution in [0.25, 0.3) is 10.8 Å². The molecule has 1 atom stereocenters. The number of likely N-dealkylation sites (N-methyl/N-ethyl adjacent to an activating group) is 1. The molecule has 0 saturated carbocycles. The van der Waals surface area contributed by atoms with Gasteiger partial charge in [0.2, 0.25) is 11.8 Å². The van der Waals surface area contributed by atoms with Crippen LogP contribution >= 0.6 is 0 Å². The van der Waals surface area contributed by atoms with Crippen LogP contribution < -0.4 is 15.5 Å². The van der Waals surface area contributed by atoms with Crippen molar-refractivity contribution in [1.29, 1.82) is 0 Å². The summed E-state index contributed by atoms with van der Waals surface area (Å²) in [6, 6.07) is 21.1. The third kappa shape index (κ3) is 5.69. The van der Waals surface area contributed by atoms with Crippen molar-refractivity contribution in [1.82, 2.24) is 4.90 Å². The number of benzene rings is 3. The first-order valence-electron chi connectivity index (χ1n) is 11.2. The lowest BCUT2D eigenvalue weighted by molar-refractivity contribution is -0.122. The number of nitrogens with zero attached hydrogens (tertiary/aromatic N) is 2. The molecule has 7 heteroatoms. The molecule has 1 fully saturated rings. The molecular weight excluding hydrogens is 416 g/mol. The van der Waals surface area contributed by atoms with Crippen LogP contribution in [0.3, 0.4) is 0 Å². The molecule has 172 valence electrons. The zero-order valence-electron chi connectivity index (χ0n) is 19.1. The van der Waals surface area contributed by atoms with E-state index in [1.54, 1.807) is 18.9 Å². The number of hydrogen-bond acceptors (Lipinski definition) is 5. The monoisotopic (exact) mass is 446 g/mol. The first-order valence-corrected chi connectivity index (χ1v) is 11.2. The fourth-order valence-corrected chi connectivity index (χ4v) is 3.91. The SMILES string of the molecule is CC(C(=O)Nc1cccc2ccccc12)N(C)CC(=O)Nc1ccc(N2CCOCC2)cc1. The second-order valence-corrected chi connectivity index (χ2v) is 8.30. The van der Waals surface area contributed by atoms with Gasteiger partial charge in [-0.3, -0.25) is 14.5 Å². The Balaban J connectivity index is 1.31. The molecule has 2 N–H and O–H groups in total. The lowest BCUT2D eigenvalue weighted by atomic mass is 10.1. The normalized spacial score (nSPS) is 14.8. The smallest absolute Gasteiger partial charge is 0.241 e. The number of amides is 2. The van der Waals surface area contributed by atoms with E-state index in [9.17, 15) is 9.59 Å². The van der Waals surface area contributed by atoms with E-state index >= 15 is 0 Å². The highest BCUT2D eigenvalue weighted by atomic mass is 16.5. The average molecular weight is 447 g/mol. The number of carbonyl (C=O) groups excluding carboxylic acids is 2. The summed E-state index contributed by atoms with van der Waals surface area (Å²) in [7, 11) is 1.77. The number of hydrogen-bond donors (Lipinski definition) is 2. The minimum Gasteiger partial charge on any atom is -0.378 e. The van der Waals surface area contributed by atoms with Crippen molar-refractivity contribution in [2.24, 2.45) is 0 Å². The van der Waals surface area contributed by atoms with E-state index in [-0.39, 0.29) is 18.4 Å². The van der Waals surface area contributed by atoms with E-state index in [4.69, 9.17) is 4.74 Å². The van der Waals surface area contributed by atoms with Crippen LogP contribution in [0.4, 0.5) is 17.1 Å². The Morgan fingerprint density at radius 1 is 0.970 bits per heavy atom. The molecule has 4 rings (SSSR count). The number of anilines is 3. The minimum absolute atomic E-state index is 0.106. The van der Waals surface area contributed by atoms with Crippen molar-refractivity contribution in [3.63, 3.8) is 0 Å². The largest absolute Gasteiger partial charge is 0.378 e. The number of nitrogens with one attached hydrogen (secondary N) is 2. The molecule has 3 aromatic carbocycles. The van der Waals surface area contributed by atoms with Crippen LogP contribution in [0, 0.1) is 0 Å². The summed E-state index contributed by atoms with van der Waals surface area (Å²) in [6.07, 6.45) is 0. The van der Waals surface area contributed by atoms with Crippen LogP contribution in [-0.2, 0) is 14.3 Å². The van der Waals surface area contributed by atoms with Gasteiger partial charge in [0.15, 0.2) is 0 Å². The van der Waals surface area contributed by atoms with E-state index in [0.29, 0.717) is 0 Å². The van der Waals surface area contributed by atoms with Crippen molar-refractivity contribution < 1.29 is 14.3 Å². The second kappa shape index (κ2) is 10.5. The number of ether oxygens (including phenoxy) is 1. The van der Waals surface area contributed by atoms with Crippen LogP contribution in [0.15, 0.2) is 66.7 Å². The molecule has 1 saturated heterocycles. The van der Waals surface area contributed by atoms with Gasteiger partial charge >= 0.3 is 0 Å². The fourth-order valence-electron chi connectivity index (χ4n) is 3.91. The highest BCUT2D eigenvalue weighted by molar-refractivity contribution is 6.04. The molecule has 0 aromatic heterocycles. The van der Waals surface area contributed by atoms with Gasteiger partial charge in [0.25, 0.3) is 0 Å². The standard InChI is InChI=1S/C26H30N4O3/c1-19(26(32)28-24-9-5-7-20-6-3-4-8-23(20)24)29(2)18-25(31)27-21-10-12-22(13-11-21)30-14-16-33-17-15-30/h3-13,19H,14-18H2,1-2H3,(H,27,31)(H,28,32). The van der Waals surface area contributed by atoms with E-state index in [2.05, 4.69) is 15.5 Å². The fraction of sp³-hybridized carbons (Fsp3) is 0.308. The van der Waals surface area contributed by atoms with Gasteiger partial charge in [0.05, 0.1) is 25.8 Å². The summed E-state index contributed by atoms with van der Waals surface area (Å²) >= 11 is 0. The maximum atomic E-state index is 12.8. The van der Waals surface area contributed by atoms with Crippen molar-refractivity contribution >= 4 is 39.6 Å². The van der Waals surface area contributed by atoms with E-state index in [1.807, 2.05) is 66.7 Å². The summed E-state index contributed by atoms with van der Waals surface area (Å²) in [5.74, 6) is -0.321. The van der Waals surface area contributed by atoms with Gasteiger partial charge < -0.3 is 20.3 Å². The lowest BCUT2D eigenvalue weighted by Crippen LogP contribution is -2.43. The quantitative estimate of drug-likeness (QED) is 0.580. The molecule has 1 aliphatic heterocycles. The molecule has 2 amide bonds. The van der Waals surface area contributed by atoms with Gasteiger partial charge in [-0.2, -0.15) is 0 Å². The van der Waals surface area contributed by atoms with Gasteiger partial charge in [0, 0.05) is 35.5 Å². The van der Waals surface area contributed by atoms with Gasteiger partial charge in [0.1, 0.15) is 0 Å². The van der Waals surface area contributed by atoms with Crippen molar-refractivity contribution in [2.45, 2.75) is 13.0 Å². The Labute approximate surface area is 194 Å². The highest BCUT2D eigenvalue weighted by Gasteiger charge is 2.21. The maximum absolute atomic E-state index is 12.8. The molecule has 0 bridgehead atoms. The van der Waals surface area contributed by atoms with E-state index in [0.717, 1.165) is 54.1 Å². The highest BCUT2D eigenvalue weighted by Crippen LogP contribution is 2.23. The van der Waals surface area contributed by atoms with Crippen LogP contribution in [-0.4, -0.2) is 62.7 Å². The Bertz CT molecular complexity index is 1100. The number of rotatable bonds is 7. The number of carbonyl (C=O) groups is 2. The summed E-state index contributed by atoms with van der Waals surface area (Å²) in [5.41, 5.74) is 2.62. The third-order valence-corrected chi connectivity index (χ3v) is 6.01. The summed E-state index contributed by atoms with van der Waals surface area (Å²) in [5, 5.41) is 7.97. The maximum Gasteiger partial charge on any atom is 0.241 e. The molecule has 0 spiro atoms. The Morgan fingerprint density at radius 3 is 2.42 bits per heavy atom. The Morgan fingerprint density at radius 2 is 1.67 bits per heavy atom. The second-order valence-electron chi connectivity index (χ2n) is 8.30. The topological polar surface area (TPSA) is 73.9 Å². The van der Waals surface area contributed by atoms with Crippen molar-refractivity contribution in [3.05, 3.63) is 66.7 Å². The summed E-state index contributed by atoms with van der Waals surface area (Å²) in [6.45, 7) is 5.11. The lowest BCUT2D eigenvalue weighted by Gasteiger charge is -2.29. The molecular formula is C26H30N4O3. The summed E-state index contributed by atoms with van der Waals surface area (Å²) in [4.78, 5) is 29.4. The first-order chi connectivity index (χ1) is 16.0. The molecule has 0 radical (unpaired) electrons. The van der Waals surface area contributed by atoms with E-state index in [1.165, 1.54) is 0 Å². The van der Waals surface area contributed by atoms with Gasteiger partial charge in [-0.15, -0.1) is 0 Å². The molecule has 3 aromatic rings. The third-order valence-electron chi connectivity index (χ3n) is 6.01. The minimum atomic E-state index is -0.474. The predicted octanol–water partition coefficient (Wildman–Crippen LogP) is 3.57. The predicted molar refractivity (Wildman–Crippen MR) is 133 cm³/mol. The zero-order chi connectivity index (χ0) is 23.2. The number of fused-ring (bicyclic) bond motifs is 1. The van der Waals surface area contributed by atoms with Gasteiger partial charge in [-0.1, -0.05) is 36.4 Å². The molecule has 0 aliphatic carbocycles. The van der Waals surface area contributed by atoms with E-state index < -0.39 is 6.04 Å². The van der Waals surface area contributed by atoms with Crippen molar-refractivity contribution in [2.75, 3.05) is 55.4 Å². The van der Waals surface area contributed by atoms with Crippen LogP contribution in [0.1, 0.15) is 6.92 Å². The van der Waals surface area contributed by atoms with Gasteiger partial charge in [-0.25, -0.2) is 0 Å². The number of morpholine rings is 1. The summed E-state index contributed by atoms with van der Waals surface area (Å²) < 4.78 is 5.39. The molecule has 1 unspecified atom stereocenters. The molecule has 33 heavy (non-hydrogen) atoms. The molecule has 1 heterocycles. The van der Waals surface area contributed by atoms with Crippen LogP contribution in [0.5, 0.6) is 0 Å². The Kier molecular flexibility index (Phi) is 7.22. The van der Waals surface area contributed by atoms with Gasteiger partial charge in [-0.05, 0) is 49.7 Å². The van der Waals surface area contributed by atoms with Crippen molar-refractivity contribution in [3.8, 4) is 0 Å². The zero-order valence-corrected chi connectivity index (χ0v) is 19.1. The average Bonchev–Trinajstić information content (AvgIpc) is 2.84. The Hall–Kier alpha value is -3.42.